The van der Waals surface area contributed by atoms with E-state index in [2.05, 4.69) is 15.0 Å². The summed E-state index contributed by atoms with van der Waals surface area (Å²) >= 11 is 0. The van der Waals surface area contributed by atoms with Crippen molar-refractivity contribution in [2.24, 2.45) is 5.11 Å². The zero-order valence-electron chi connectivity index (χ0n) is 5.55. The van der Waals surface area contributed by atoms with Crippen LogP contribution in [-0.2, 0) is 0 Å². The minimum atomic E-state index is 0.432. The molecule has 0 heterocycles. The van der Waals surface area contributed by atoms with Crippen LogP contribution in [-0.4, -0.2) is 0 Å². The van der Waals surface area contributed by atoms with Gasteiger partial charge in [-0.1, -0.05) is 5.11 Å². The van der Waals surface area contributed by atoms with Crippen LogP contribution >= 0.6 is 0 Å². The SMILES string of the molecule is N#[N+]c1ccc(N=[N+]=[N-])cc1. The van der Waals surface area contributed by atoms with Crippen molar-refractivity contribution in [1.82, 2.24) is 0 Å². The molecule has 11 heavy (non-hydrogen) atoms. The van der Waals surface area contributed by atoms with Gasteiger partial charge >= 0.3 is 5.69 Å². The van der Waals surface area contributed by atoms with Gasteiger partial charge in [0.1, 0.15) is 0 Å². The van der Waals surface area contributed by atoms with Crippen molar-refractivity contribution in [1.29, 1.82) is 5.39 Å². The van der Waals surface area contributed by atoms with Gasteiger partial charge in [0.05, 0.1) is 0 Å². The van der Waals surface area contributed by atoms with Crippen LogP contribution in [0.5, 0.6) is 0 Å². The van der Waals surface area contributed by atoms with Crippen LogP contribution in [0, 0.1) is 5.39 Å². The smallest absolute Gasteiger partial charge is 0.0608 e. The summed E-state index contributed by atoms with van der Waals surface area (Å²) in [6, 6.07) is 6.22. The summed E-state index contributed by atoms with van der Waals surface area (Å²) in [5.74, 6) is 0. The van der Waals surface area contributed by atoms with Gasteiger partial charge in [-0.25, -0.2) is 0 Å². The highest BCUT2D eigenvalue weighted by Gasteiger charge is 2.00. The summed E-state index contributed by atoms with van der Waals surface area (Å²) < 4.78 is 0. The van der Waals surface area contributed by atoms with Crippen LogP contribution in [0.1, 0.15) is 0 Å². The molecule has 52 valence electrons. The molecule has 0 unspecified atom stereocenters. The van der Waals surface area contributed by atoms with Gasteiger partial charge in [-0.15, -0.1) is 0 Å². The first kappa shape index (κ1) is 7.06. The summed E-state index contributed by atoms with van der Waals surface area (Å²) in [4.78, 5) is 5.53. The highest BCUT2D eigenvalue weighted by molar-refractivity contribution is 5.50. The monoisotopic (exact) mass is 146 g/mol. The molecule has 0 bridgehead atoms. The lowest BCUT2D eigenvalue weighted by atomic mass is 10.3. The van der Waals surface area contributed by atoms with Gasteiger partial charge in [-0.3, -0.25) is 0 Å². The fourth-order valence-electron chi connectivity index (χ4n) is 0.638. The van der Waals surface area contributed by atoms with Crippen molar-refractivity contribution >= 4 is 11.4 Å². The highest BCUT2D eigenvalue weighted by atomic mass is 15.1. The molecule has 0 atom stereocenters. The lowest BCUT2D eigenvalue weighted by Gasteiger charge is -1.82. The summed E-state index contributed by atoms with van der Waals surface area (Å²) in [5, 5.41) is 11.6. The summed E-state index contributed by atoms with van der Waals surface area (Å²) in [7, 11) is 0. The first-order chi connectivity index (χ1) is 5.36. The van der Waals surface area contributed by atoms with Crippen LogP contribution in [0.3, 0.4) is 0 Å². The Balaban J connectivity index is 3.02. The van der Waals surface area contributed by atoms with E-state index >= 15 is 0 Å². The molecule has 1 aromatic rings. The Morgan fingerprint density at radius 3 is 2.36 bits per heavy atom. The number of benzene rings is 1. The molecule has 0 aliphatic heterocycles. The molecule has 5 heteroatoms. The van der Waals surface area contributed by atoms with Gasteiger partial charge in [0.15, 0.2) is 4.98 Å². The van der Waals surface area contributed by atoms with Crippen LogP contribution in [0.2, 0.25) is 0 Å². The molecule has 0 aliphatic carbocycles. The average molecular weight is 146 g/mol. The minimum Gasteiger partial charge on any atom is -0.0608 e. The molecule has 0 radical (unpaired) electrons. The van der Waals surface area contributed by atoms with Crippen molar-refractivity contribution in [3.63, 3.8) is 0 Å². The molecule has 0 amide bonds. The fraction of sp³-hybridized carbons (Fsp3) is 0. The van der Waals surface area contributed by atoms with Gasteiger partial charge in [0, 0.05) is 22.7 Å². The third kappa shape index (κ3) is 1.68. The molecule has 0 aromatic heterocycles. The molecular weight excluding hydrogens is 142 g/mol. The molecule has 0 fully saturated rings. The number of diazo groups is 1. The zero-order chi connectivity index (χ0) is 8.10. The van der Waals surface area contributed by atoms with Crippen molar-refractivity contribution in [3.05, 3.63) is 39.7 Å². The number of nitrogens with zero attached hydrogens (tertiary/aromatic N) is 5. The maximum Gasteiger partial charge on any atom is 0.385 e. The van der Waals surface area contributed by atoms with Gasteiger partial charge in [0.25, 0.3) is 0 Å². The van der Waals surface area contributed by atoms with E-state index in [4.69, 9.17) is 10.9 Å². The molecule has 0 saturated heterocycles. The van der Waals surface area contributed by atoms with Gasteiger partial charge in [-0.2, -0.15) is 0 Å². The molecule has 0 N–H and O–H groups in total. The molecular formula is C6H4N5+. The lowest BCUT2D eigenvalue weighted by molar-refractivity contribution is 1.44. The summed E-state index contributed by atoms with van der Waals surface area (Å²) in [6.45, 7) is 0. The Morgan fingerprint density at radius 2 is 1.91 bits per heavy atom. The molecule has 1 rings (SSSR count). The van der Waals surface area contributed by atoms with E-state index in [-0.39, 0.29) is 0 Å². The van der Waals surface area contributed by atoms with E-state index in [1.807, 2.05) is 0 Å². The standard InChI is InChI=1S/C6H4N5/c7-9-5-1-3-6(4-2-5)10-11-8/h1-4H/q+1. The van der Waals surface area contributed by atoms with Gasteiger partial charge in [-0.05, 0) is 17.7 Å². The van der Waals surface area contributed by atoms with Crippen LogP contribution in [0.25, 0.3) is 15.4 Å². The number of rotatable bonds is 1. The van der Waals surface area contributed by atoms with Gasteiger partial charge < -0.3 is 0 Å². The van der Waals surface area contributed by atoms with E-state index < -0.39 is 0 Å². The van der Waals surface area contributed by atoms with Crippen molar-refractivity contribution in [2.45, 2.75) is 0 Å². The van der Waals surface area contributed by atoms with E-state index in [1.54, 1.807) is 24.3 Å². The second-order valence-corrected chi connectivity index (χ2v) is 1.81. The first-order valence-corrected chi connectivity index (χ1v) is 2.87. The van der Waals surface area contributed by atoms with Crippen LogP contribution in [0.15, 0.2) is 29.4 Å². The second kappa shape index (κ2) is 3.20. The zero-order valence-corrected chi connectivity index (χ0v) is 5.55. The Hall–Kier alpha value is -2.05. The molecule has 5 nitrogen and oxygen atoms in total. The lowest BCUT2D eigenvalue weighted by Crippen LogP contribution is -1.60. The predicted octanol–water partition coefficient (Wildman–Crippen LogP) is 3.11. The van der Waals surface area contributed by atoms with Crippen molar-refractivity contribution in [2.75, 3.05) is 0 Å². The van der Waals surface area contributed by atoms with Crippen molar-refractivity contribution < 1.29 is 0 Å². The predicted molar refractivity (Wildman–Crippen MR) is 40.0 cm³/mol. The number of hydrogen-bond donors (Lipinski definition) is 0. The maximum atomic E-state index is 8.28. The largest absolute Gasteiger partial charge is 0.385 e. The summed E-state index contributed by atoms with van der Waals surface area (Å²) in [6.07, 6.45) is 0. The first-order valence-electron chi connectivity index (χ1n) is 2.87. The normalized spacial score (nSPS) is 7.91. The second-order valence-electron chi connectivity index (χ2n) is 1.81. The van der Waals surface area contributed by atoms with Crippen LogP contribution < -0.4 is 0 Å². The third-order valence-electron chi connectivity index (χ3n) is 1.13. The third-order valence-corrected chi connectivity index (χ3v) is 1.13. The molecule has 0 saturated carbocycles. The Kier molecular flexibility index (Phi) is 2.06. The van der Waals surface area contributed by atoms with E-state index in [1.165, 1.54) is 0 Å². The Bertz CT molecular complexity index is 327. The Labute approximate surface area is 62.5 Å². The molecule has 0 spiro atoms. The molecule has 0 aliphatic rings. The van der Waals surface area contributed by atoms with E-state index in [0.717, 1.165) is 0 Å². The quantitative estimate of drug-likeness (QED) is 0.259. The highest BCUT2D eigenvalue weighted by Crippen LogP contribution is 2.17. The minimum absolute atomic E-state index is 0.432. The van der Waals surface area contributed by atoms with E-state index in [9.17, 15) is 0 Å². The Morgan fingerprint density at radius 1 is 1.27 bits per heavy atom. The van der Waals surface area contributed by atoms with Crippen LogP contribution in [0.4, 0.5) is 11.4 Å². The number of hydrogen-bond acceptors (Lipinski definition) is 2. The fourth-order valence-corrected chi connectivity index (χ4v) is 0.638. The molecule has 1 aromatic carbocycles. The van der Waals surface area contributed by atoms with Crippen molar-refractivity contribution in [3.8, 4) is 0 Å². The topological polar surface area (TPSA) is 76.9 Å². The maximum absolute atomic E-state index is 8.28. The summed E-state index contributed by atoms with van der Waals surface area (Å²) in [5.41, 5.74) is 8.96. The number of azide groups is 1. The van der Waals surface area contributed by atoms with Gasteiger partial charge in [0.2, 0.25) is 5.39 Å². The average Bonchev–Trinajstić information content (AvgIpc) is 2.07. The van der Waals surface area contributed by atoms with E-state index in [0.29, 0.717) is 11.4 Å².